The van der Waals surface area contributed by atoms with E-state index in [1.54, 1.807) is 0 Å². The van der Waals surface area contributed by atoms with Crippen molar-refractivity contribution in [2.75, 3.05) is 5.32 Å². The molecule has 0 atom stereocenters. The van der Waals surface area contributed by atoms with Crippen molar-refractivity contribution in [2.45, 2.75) is 22.6 Å². The van der Waals surface area contributed by atoms with Crippen molar-refractivity contribution >= 4 is 54.6 Å². The first kappa shape index (κ1) is 20.7. The monoisotopic (exact) mass is 444 g/mol. The Morgan fingerprint density at radius 3 is 2.17 bits per heavy atom. The highest BCUT2D eigenvalue weighted by Gasteiger charge is 2.33. The number of rotatable bonds is 4. The lowest BCUT2D eigenvalue weighted by Crippen LogP contribution is -2.34. The summed E-state index contributed by atoms with van der Waals surface area (Å²) in [5, 5.41) is 2.03. The molecule has 1 fully saturated rings. The fraction of sp³-hybridized carbons (Fsp3) is 0.133. The average molecular weight is 444 g/mol. The van der Waals surface area contributed by atoms with Crippen molar-refractivity contribution in [3.63, 3.8) is 0 Å². The number of nitrogens with zero attached hydrogens (tertiary/aromatic N) is 1. The lowest BCUT2D eigenvalue weighted by molar-refractivity contribution is -0.170. The van der Waals surface area contributed by atoms with Crippen LogP contribution in [0.15, 0.2) is 40.1 Å². The lowest BCUT2D eigenvalue weighted by atomic mass is 10.1. The van der Waals surface area contributed by atoms with Gasteiger partial charge in [0.1, 0.15) is 4.90 Å². The topological polar surface area (TPSA) is 184 Å². The van der Waals surface area contributed by atoms with Crippen molar-refractivity contribution < 1.29 is 45.2 Å². The van der Waals surface area contributed by atoms with Crippen LogP contribution in [-0.2, 0) is 34.7 Å². The molecular formula is C15H12N2O10S2. The number of amides is 3. The Morgan fingerprint density at radius 2 is 1.62 bits per heavy atom. The molecule has 14 heteroatoms. The highest BCUT2D eigenvalue weighted by molar-refractivity contribution is 7.86. The third kappa shape index (κ3) is 4.19. The molecule has 1 saturated heterocycles. The summed E-state index contributed by atoms with van der Waals surface area (Å²) in [4.78, 5) is 38.0. The molecule has 1 aliphatic rings. The number of hydrogen-bond donors (Lipinski definition) is 3. The van der Waals surface area contributed by atoms with Gasteiger partial charge in [-0.2, -0.15) is 16.8 Å². The number of benzene rings is 2. The molecule has 2 aromatic carbocycles. The zero-order chi connectivity index (χ0) is 21.6. The second kappa shape index (κ2) is 7.07. The van der Waals surface area contributed by atoms with Crippen LogP contribution in [0.4, 0.5) is 10.5 Å². The number of hydrogen-bond acceptors (Lipinski definition) is 8. The van der Waals surface area contributed by atoms with E-state index in [2.05, 4.69) is 10.2 Å². The zero-order valence-corrected chi connectivity index (χ0v) is 15.9. The first-order valence-electron chi connectivity index (χ1n) is 7.74. The fourth-order valence-electron chi connectivity index (χ4n) is 2.69. The summed E-state index contributed by atoms with van der Waals surface area (Å²) in [6.07, 6.45) is -1.57. The van der Waals surface area contributed by atoms with Crippen molar-refractivity contribution in [3.8, 4) is 0 Å². The van der Waals surface area contributed by atoms with Crippen molar-refractivity contribution in [1.82, 2.24) is 5.06 Å². The molecule has 0 aliphatic carbocycles. The van der Waals surface area contributed by atoms with Crippen molar-refractivity contribution in [1.29, 1.82) is 0 Å². The largest absolute Gasteiger partial charge is 0.436 e. The Hall–Kier alpha value is -3.07. The molecule has 0 saturated carbocycles. The molecular weight excluding hydrogens is 432 g/mol. The number of carbonyl (C=O) groups excluding carboxylic acids is 3. The second-order valence-corrected chi connectivity index (χ2v) is 8.67. The Bertz CT molecular complexity index is 1250. The molecule has 3 N–H and O–H groups in total. The van der Waals surface area contributed by atoms with Gasteiger partial charge in [0.25, 0.3) is 32.1 Å². The lowest BCUT2D eigenvalue weighted by Gasteiger charge is -2.15. The molecule has 0 spiro atoms. The van der Waals surface area contributed by atoms with Gasteiger partial charge in [-0.3, -0.25) is 24.0 Å². The van der Waals surface area contributed by atoms with Crippen LogP contribution in [0.2, 0.25) is 0 Å². The van der Waals surface area contributed by atoms with Gasteiger partial charge in [-0.05, 0) is 23.6 Å². The molecule has 29 heavy (non-hydrogen) atoms. The van der Waals surface area contributed by atoms with Gasteiger partial charge >= 0.3 is 6.09 Å². The van der Waals surface area contributed by atoms with E-state index in [0.29, 0.717) is 6.07 Å². The fourth-order valence-corrected chi connectivity index (χ4v) is 4.07. The van der Waals surface area contributed by atoms with Gasteiger partial charge < -0.3 is 4.84 Å². The van der Waals surface area contributed by atoms with Crippen molar-refractivity contribution in [2.24, 2.45) is 0 Å². The summed E-state index contributed by atoms with van der Waals surface area (Å²) < 4.78 is 65.0. The molecule has 0 radical (unpaired) electrons. The van der Waals surface area contributed by atoms with E-state index in [4.69, 9.17) is 0 Å². The standard InChI is InChI=1S/C15H12N2O10S2/c18-12-4-5-13(19)17(12)27-15(20)16-10-3-1-2-8-6-9(28(21,22)23)7-11(14(8)10)29(24,25)26/h1-3,6-7H,4-5H2,(H,16,20)(H,21,22,23)(H,24,25,26). The number of hydroxylamine groups is 2. The van der Waals surface area contributed by atoms with E-state index in [-0.39, 0.29) is 34.4 Å². The number of carbonyl (C=O) groups is 3. The van der Waals surface area contributed by atoms with Crippen LogP contribution in [0, 0.1) is 0 Å². The average Bonchev–Trinajstić information content (AvgIpc) is 2.91. The van der Waals surface area contributed by atoms with Crippen LogP contribution in [0.1, 0.15) is 12.8 Å². The summed E-state index contributed by atoms with van der Waals surface area (Å²) in [7, 11) is -9.81. The molecule has 2 aromatic rings. The molecule has 154 valence electrons. The van der Waals surface area contributed by atoms with Gasteiger partial charge in [-0.1, -0.05) is 12.1 Å². The predicted molar refractivity (Wildman–Crippen MR) is 94.8 cm³/mol. The normalized spacial score (nSPS) is 15.0. The van der Waals surface area contributed by atoms with E-state index >= 15 is 0 Å². The molecule has 1 heterocycles. The van der Waals surface area contributed by atoms with E-state index in [0.717, 1.165) is 6.07 Å². The molecule has 0 aromatic heterocycles. The molecule has 3 amide bonds. The van der Waals surface area contributed by atoms with Crippen LogP contribution < -0.4 is 5.32 Å². The Kier molecular flexibility index (Phi) is 5.04. The highest BCUT2D eigenvalue weighted by Crippen LogP contribution is 2.33. The maximum absolute atomic E-state index is 12.1. The zero-order valence-electron chi connectivity index (χ0n) is 14.2. The van der Waals surface area contributed by atoms with E-state index in [1.807, 2.05) is 0 Å². The smallest absolute Gasteiger partial charge is 0.311 e. The minimum absolute atomic E-state index is 0.0705. The quantitative estimate of drug-likeness (QED) is 0.453. The van der Waals surface area contributed by atoms with Gasteiger partial charge in [0.15, 0.2) is 0 Å². The van der Waals surface area contributed by atoms with Gasteiger partial charge in [-0.25, -0.2) is 4.79 Å². The van der Waals surface area contributed by atoms with Gasteiger partial charge in [0.2, 0.25) is 0 Å². The first-order valence-corrected chi connectivity index (χ1v) is 10.6. The Morgan fingerprint density at radius 1 is 1.00 bits per heavy atom. The van der Waals surface area contributed by atoms with Gasteiger partial charge in [0, 0.05) is 18.2 Å². The first-order chi connectivity index (χ1) is 13.4. The third-order valence-corrected chi connectivity index (χ3v) is 5.62. The van der Waals surface area contributed by atoms with E-state index in [9.17, 15) is 40.3 Å². The molecule has 12 nitrogen and oxygen atoms in total. The summed E-state index contributed by atoms with van der Waals surface area (Å²) in [6, 6.07) is 5.22. The number of nitrogens with one attached hydrogen (secondary N) is 1. The van der Waals surface area contributed by atoms with Crippen LogP contribution in [0.5, 0.6) is 0 Å². The highest BCUT2D eigenvalue weighted by atomic mass is 32.2. The number of imide groups is 1. The van der Waals surface area contributed by atoms with Crippen molar-refractivity contribution in [3.05, 3.63) is 30.3 Å². The molecule has 0 bridgehead atoms. The van der Waals surface area contributed by atoms with Gasteiger partial charge in [0.05, 0.1) is 10.6 Å². The summed E-state index contributed by atoms with van der Waals surface area (Å²) in [5.74, 6) is -1.47. The number of fused-ring (bicyclic) bond motifs is 1. The van der Waals surface area contributed by atoms with Crippen LogP contribution >= 0.6 is 0 Å². The molecule has 1 aliphatic heterocycles. The maximum Gasteiger partial charge on any atom is 0.436 e. The van der Waals surface area contributed by atoms with Crippen LogP contribution in [-0.4, -0.2) is 48.9 Å². The van der Waals surface area contributed by atoms with Gasteiger partial charge in [-0.15, -0.1) is 5.06 Å². The second-order valence-electron chi connectivity index (χ2n) is 5.86. The van der Waals surface area contributed by atoms with E-state index in [1.165, 1.54) is 18.2 Å². The molecule has 0 unspecified atom stereocenters. The Balaban J connectivity index is 2.08. The number of anilines is 1. The SMILES string of the molecule is O=C(Nc1cccc2cc(S(=O)(=O)O)cc(S(=O)(=O)O)c12)ON1C(=O)CCC1=O. The summed E-state index contributed by atoms with van der Waals surface area (Å²) >= 11 is 0. The van der Waals surface area contributed by atoms with E-state index < -0.39 is 47.9 Å². The Labute approximate surface area is 163 Å². The molecule has 3 rings (SSSR count). The summed E-state index contributed by atoms with van der Waals surface area (Å²) in [5.41, 5.74) is -0.235. The van der Waals surface area contributed by atoms with Crippen LogP contribution in [0.25, 0.3) is 10.8 Å². The minimum Gasteiger partial charge on any atom is -0.311 e. The predicted octanol–water partition coefficient (Wildman–Crippen LogP) is 0.946. The summed E-state index contributed by atoms with van der Waals surface area (Å²) in [6.45, 7) is 0. The third-order valence-electron chi connectivity index (χ3n) is 3.91. The minimum atomic E-state index is -5.00. The maximum atomic E-state index is 12.1. The van der Waals surface area contributed by atoms with Crippen LogP contribution in [0.3, 0.4) is 0 Å².